The van der Waals surface area contributed by atoms with E-state index in [9.17, 15) is 14.4 Å². The molecule has 0 aromatic heterocycles. The van der Waals surface area contributed by atoms with Gasteiger partial charge in [0.1, 0.15) is 0 Å². The van der Waals surface area contributed by atoms with Gasteiger partial charge >= 0.3 is 5.97 Å². The Morgan fingerprint density at radius 1 is 0.774 bits per heavy atom. The predicted octanol–water partition coefficient (Wildman–Crippen LogP) is 6.78. The van der Waals surface area contributed by atoms with Crippen LogP contribution in [0.2, 0.25) is 0 Å². The lowest BCUT2D eigenvalue weighted by atomic mass is 10.1. The summed E-state index contributed by atoms with van der Waals surface area (Å²) in [7, 11) is 0. The summed E-state index contributed by atoms with van der Waals surface area (Å²) < 4.78 is 0. The Labute approximate surface area is 186 Å². The van der Waals surface area contributed by atoms with Crippen molar-refractivity contribution in [2.45, 2.75) is 96.8 Å². The molecule has 1 aromatic carbocycles. The molecule has 0 saturated heterocycles. The molecule has 0 fully saturated rings. The first-order valence-electron chi connectivity index (χ1n) is 12.0. The molecule has 0 spiro atoms. The number of fused-ring (bicyclic) bond motifs is 1. The molecule has 170 valence electrons. The van der Waals surface area contributed by atoms with Crippen molar-refractivity contribution in [3.05, 3.63) is 47.5 Å². The SMILES string of the molecule is CCCCCCCC/C=C/CCCCCCCC(=O)ON1C(=O)c2ccccc2C1=O. The molecule has 5 nitrogen and oxygen atoms in total. The van der Waals surface area contributed by atoms with Crippen LogP contribution < -0.4 is 0 Å². The molecule has 1 aromatic rings. The van der Waals surface area contributed by atoms with Crippen molar-refractivity contribution in [1.29, 1.82) is 0 Å². The molecule has 2 amide bonds. The van der Waals surface area contributed by atoms with Gasteiger partial charge in [0.15, 0.2) is 0 Å². The average molecular weight is 428 g/mol. The van der Waals surface area contributed by atoms with Crippen molar-refractivity contribution in [2.24, 2.45) is 0 Å². The van der Waals surface area contributed by atoms with Crippen LogP contribution >= 0.6 is 0 Å². The number of carbonyl (C=O) groups excluding carboxylic acids is 3. The molecule has 1 heterocycles. The van der Waals surface area contributed by atoms with Crippen LogP contribution in [0.5, 0.6) is 0 Å². The molecule has 5 heteroatoms. The third kappa shape index (κ3) is 8.68. The Morgan fingerprint density at radius 2 is 1.26 bits per heavy atom. The Morgan fingerprint density at radius 3 is 1.81 bits per heavy atom. The van der Waals surface area contributed by atoms with Gasteiger partial charge in [0.2, 0.25) is 0 Å². The standard InChI is InChI=1S/C26H37NO4/c1-2-3-4-5-6-7-8-9-10-11-12-13-14-15-16-21-24(28)31-27-25(29)22-19-17-18-20-23(22)26(27)30/h9-10,17-20H,2-8,11-16,21H2,1H3/b10-9+. The maximum Gasteiger partial charge on any atom is 0.333 e. The molecule has 0 atom stereocenters. The lowest BCUT2D eigenvalue weighted by molar-refractivity contribution is -0.168. The minimum Gasteiger partial charge on any atom is -0.330 e. The summed E-state index contributed by atoms with van der Waals surface area (Å²) in [5.41, 5.74) is 0.558. The van der Waals surface area contributed by atoms with Crippen molar-refractivity contribution in [2.75, 3.05) is 0 Å². The van der Waals surface area contributed by atoms with E-state index in [0.717, 1.165) is 25.7 Å². The molecule has 0 unspecified atom stereocenters. The summed E-state index contributed by atoms with van der Waals surface area (Å²) in [6, 6.07) is 6.49. The highest BCUT2D eigenvalue weighted by molar-refractivity contribution is 6.20. The zero-order chi connectivity index (χ0) is 22.3. The fourth-order valence-electron chi connectivity index (χ4n) is 3.74. The van der Waals surface area contributed by atoms with Crippen LogP contribution in [0.15, 0.2) is 36.4 Å². The molecular formula is C26H37NO4. The highest BCUT2D eigenvalue weighted by Crippen LogP contribution is 2.23. The second-order valence-electron chi connectivity index (χ2n) is 8.25. The first-order valence-corrected chi connectivity index (χ1v) is 12.0. The van der Waals surface area contributed by atoms with Crippen molar-refractivity contribution < 1.29 is 19.2 Å². The quantitative estimate of drug-likeness (QED) is 0.166. The number of hydrogen-bond donors (Lipinski definition) is 0. The lowest BCUT2D eigenvalue weighted by Gasteiger charge is -2.12. The van der Waals surface area contributed by atoms with Crippen LogP contribution in [0, 0.1) is 0 Å². The summed E-state index contributed by atoms with van der Waals surface area (Å²) in [6.45, 7) is 2.25. The zero-order valence-electron chi connectivity index (χ0n) is 18.9. The van der Waals surface area contributed by atoms with Crippen LogP contribution in [0.4, 0.5) is 0 Å². The number of hydroxylamine groups is 2. The number of benzene rings is 1. The van der Waals surface area contributed by atoms with E-state index in [0.29, 0.717) is 11.5 Å². The van der Waals surface area contributed by atoms with E-state index in [4.69, 9.17) is 4.84 Å². The van der Waals surface area contributed by atoms with E-state index in [1.165, 1.54) is 51.4 Å². The molecular weight excluding hydrogens is 390 g/mol. The number of rotatable bonds is 16. The largest absolute Gasteiger partial charge is 0.333 e. The molecule has 0 aliphatic carbocycles. The predicted molar refractivity (Wildman–Crippen MR) is 122 cm³/mol. The summed E-state index contributed by atoms with van der Waals surface area (Å²) in [6.07, 6.45) is 20.3. The molecule has 31 heavy (non-hydrogen) atoms. The van der Waals surface area contributed by atoms with Crippen molar-refractivity contribution in [1.82, 2.24) is 5.06 Å². The number of allylic oxidation sites excluding steroid dienone is 2. The van der Waals surface area contributed by atoms with Gasteiger partial charge in [0.05, 0.1) is 11.1 Å². The summed E-state index contributed by atoms with van der Waals surface area (Å²) in [5.74, 6) is -1.68. The van der Waals surface area contributed by atoms with E-state index in [-0.39, 0.29) is 17.5 Å². The Balaban J connectivity index is 1.45. The fraction of sp³-hybridized carbons (Fsp3) is 0.577. The highest BCUT2D eigenvalue weighted by atomic mass is 16.7. The van der Waals surface area contributed by atoms with Gasteiger partial charge in [0, 0.05) is 6.42 Å². The van der Waals surface area contributed by atoms with Gasteiger partial charge < -0.3 is 4.84 Å². The van der Waals surface area contributed by atoms with Gasteiger partial charge in [-0.05, 0) is 44.2 Å². The van der Waals surface area contributed by atoms with Gasteiger partial charge in [-0.1, -0.05) is 87.6 Å². The van der Waals surface area contributed by atoms with Gasteiger partial charge in [-0.3, -0.25) is 9.59 Å². The smallest absolute Gasteiger partial charge is 0.330 e. The summed E-state index contributed by atoms with van der Waals surface area (Å²) >= 11 is 0. The van der Waals surface area contributed by atoms with Crippen molar-refractivity contribution >= 4 is 17.8 Å². The number of imide groups is 1. The highest BCUT2D eigenvalue weighted by Gasteiger charge is 2.38. The van der Waals surface area contributed by atoms with Gasteiger partial charge in [0.25, 0.3) is 11.8 Å². The minimum atomic E-state index is -0.571. The van der Waals surface area contributed by atoms with E-state index in [2.05, 4.69) is 19.1 Å². The molecule has 0 N–H and O–H groups in total. The van der Waals surface area contributed by atoms with E-state index in [1.54, 1.807) is 24.3 Å². The van der Waals surface area contributed by atoms with Crippen LogP contribution in [0.1, 0.15) is 118 Å². The Bertz CT molecular complexity index is 706. The summed E-state index contributed by atoms with van der Waals surface area (Å²) in [5, 5.41) is 0.588. The molecule has 0 saturated carbocycles. The van der Waals surface area contributed by atoms with Gasteiger partial charge in [-0.2, -0.15) is 0 Å². The maximum absolute atomic E-state index is 12.2. The summed E-state index contributed by atoms with van der Waals surface area (Å²) in [4.78, 5) is 41.4. The Hall–Kier alpha value is -2.43. The number of carbonyl (C=O) groups is 3. The zero-order valence-corrected chi connectivity index (χ0v) is 18.9. The second kappa shape index (κ2) is 14.6. The number of nitrogens with zero attached hydrogens (tertiary/aromatic N) is 1. The van der Waals surface area contributed by atoms with Crippen molar-refractivity contribution in [3.8, 4) is 0 Å². The maximum atomic E-state index is 12.2. The molecule has 0 radical (unpaired) electrons. The molecule has 1 aliphatic heterocycles. The van der Waals surface area contributed by atoms with Gasteiger partial charge in [-0.15, -0.1) is 0 Å². The van der Waals surface area contributed by atoms with Crippen molar-refractivity contribution in [3.63, 3.8) is 0 Å². The number of hydrogen-bond acceptors (Lipinski definition) is 4. The lowest BCUT2D eigenvalue weighted by Crippen LogP contribution is -2.32. The van der Waals surface area contributed by atoms with Gasteiger partial charge in [-0.25, -0.2) is 4.79 Å². The normalized spacial score (nSPS) is 13.3. The number of amides is 2. The van der Waals surface area contributed by atoms with E-state index < -0.39 is 17.8 Å². The molecule has 1 aliphatic rings. The fourth-order valence-corrected chi connectivity index (χ4v) is 3.74. The monoisotopic (exact) mass is 427 g/mol. The third-order valence-electron chi connectivity index (χ3n) is 5.59. The number of unbranched alkanes of at least 4 members (excludes halogenated alkanes) is 11. The van der Waals surface area contributed by atoms with Crippen LogP contribution in [-0.4, -0.2) is 22.8 Å². The van der Waals surface area contributed by atoms with Crippen LogP contribution in [0.25, 0.3) is 0 Å². The second-order valence-corrected chi connectivity index (χ2v) is 8.25. The van der Waals surface area contributed by atoms with Crippen LogP contribution in [0.3, 0.4) is 0 Å². The topological polar surface area (TPSA) is 63.7 Å². The minimum absolute atomic E-state index is 0.214. The van der Waals surface area contributed by atoms with E-state index in [1.807, 2.05) is 0 Å². The van der Waals surface area contributed by atoms with E-state index >= 15 is 0 Å². The average Bonchev–Trinajstić information content (AvgIpc) is 3.01. The Kier molecular flexibility index (Phi) is 11.7. The first kappa shape index (κ1) is 24.8. The molecule has 0 bridgehead atoms. The molecule has 2 rings (SSSR count). The van der Waals surface area contributed by atoms with Crippen LogP contribution in [-0.2, 0) is 9.63 Å². The third-order valence-corrected chi connectivity index (χ3v) is 5.59. The first-order chi connectivity index (χ1) is 15.1.